The summed E-state index contributed by atoms with van der Waals surface area (Å²) in [5.41, 5.74) is 2.57. The summed E-state index contributed by atoms with van der Waals surface area (Å²) >= 11 is 3.51. The molecule has 0 aromatic carbocycles. The maximum absolute atomic E-state index is 5.42. The molecule has 94 valence electrons. The third kappa shape index (κ3) is 2.52. The van der Waals surface area contributed by atoms with Gasteiger partial charge in [0.2, 0.25) is 0 Å². The number of nitrogens with zero attached hydrogens (tertiary/aromatic N) is 3. The van der Waals surface area contributed by atoms with Crippen LogP contribution in [0.5, 0.6) is 0 Å². The number of nitrogens with two attached hydrogens (primary N) is 1. The number of piperidine rings is 1. The van der Waals surface area contributed by atoms with Gasteiger partial charge in [-0.1, -0.05) is 6.92 Å². The number of nitrogens with one attached hydrogen (secondary N) is 1. The van der Waals surface area contributed by atoms with E-state index in [0.29, 0.717) is 11.9 Å². The first-order valence-corrected chi connectivity index (χ1v) is 6.66. The van der Waals surface area contributed by atoms with Crippen molar-refractivity contribution in [1.82, 2.24) is 9.97 Å². The Morgan fingerprint density at radius 1 is 1.47 bits per heavy atom. The topological polar surface area (TPSA) is 67.1 Å². The maximum Gasteiger partial charge on any atom is 0.159 e. The molecule has 1 aromatic rings. The number of anilines is 2. The molecule has 1 aliphatic heterocycles. The third-order valence-electron chi connectivity index (χ3n) is 3.32. The van der Waals surface area contributed by atoms with Crippen LogP contribution in [0.2, 0.25) is 0 Å². The maximum atomic E-state index is 5.42. The van der Waals surface area contributed by atoms with Crippen LogP contribution < -0.4 is 16.2 Å². The van der Waals surface area contributed by atoms with Gasteiger partial charge in [0.25, 0.3) is 0 Å². The summed E-state index contributed by atoms with van der Waals surface area (Å²) in [5.74, 6) is 7.75. The van der Waals surface area contributed by atoms with Crippen LogP contribution in [-0.2, 0) is 0 Å². The van der Waals surface area contributed by atoms with Gasteiger partial charge in [0.05, 0.1) is 0 Å². The van der Waals surface area contributed by atoms with Crippen molar-refractivity contribution in [3.63, 3.8) is 0 Å². The van der Waals surface area contributed by atoms with Gasteiger partial charge in [0.15, 0.2) is 5.82 Å². The number of hydrogen-bond donors (Lipinski definition) is 2. The average Bonchev–Trinajstić information content (AvgIpc) is 2.30. The summed E-state index contributed by atoms with van der Waals surface area (Å²) in [6.45, 7) is 5.57. The Morgan fingerprint density at radius 3 is 2.88 bits per heavy atom. The first-order valence-electron chi connectivity index (χ1n) is 5.87. The Labute approximate surface area is 110 Å². The molecular weight excluding hydrogens is 282 g/mol. The second-order valence-electron chi connectivity index (χ2n) is 4.68. The van der Waals surface area contributed by atoms with Crippen molar-refractivity contribution in [2.24, 2.45) is 11.8 Å². The van der Waals surface area contributed by atoms with Crippen LogP contribution in [-0.4, -0.2) is 22.6 Å². The molecule has 2 unspecified atom stereocenters. The normalized spacial score (nSPS) is 24.8. The number of rotatable bonds is 2. The van der Waals surface area contributed by atoms with E-state index in [2.05, 4.69) is 50.1 Å². The van der Waals surface area contributed by atoms with Crippen LogP contribution in [0.15, 0.2) is 10.8 Å². The Kier molecular flexibility index (Phi) is 3.83. The fraction of sp³-hybridized carbons (Fsp3) is 0.636. The van der Waals surface area contributed by atoms with Crippen molar-refractivity contribution in [3.05, 3.63) is 10.8 Å². The van der Waals surface area contributed by atoms with Crippen LogP contribution >= 0.6 is 15.9 Å². The number of nitrogen functional groups attached to an aromatic ring is 1. The van der Waals surface area contributed by atoms with E-state index in [1.54, 1.807) is 6.33 Å². The molecule has 1 saturated heterocycles. The molecule has 0 radical (unpaired) electrons. The van der Waals surface area contributed by atoms with Crippen molar-refractivity contribution in [1.29, 1.82) is 0 Å². The fourth-order valence-electron chi connectivity index (χ4n) is 2.38. The van der Waals surface area contributed by atoms with E-state index in [-0.39, 0.29) is 0 Å². The Hall–Kier alpha value is -0.880. The van der Waals surface area contributed by atoms with Gasteiger partial charge in [-0.05, 0) is 41.6 Å². The molecule has 0 amide bonds. The Morgan fingerprint density at radius 2 is 2.24 bits per heavy atom. The molecule has 3 N–H and O–H groups in total. The number of hydrogen-bond acceptors (Lipinski definition) is 5. The van der Waals surface area contributed by atoms with E-state index in [1.807, 2.05) is 0 Å². The quantitative estimate of drug-likeness (QED) is 0.647. The lowest BCUT2D eigenvalue weighted by Gasteiger charge is -2.37. The van der Waals surface area contributed by atoms with Crippen LogP contribution in [0.4, 0.5) is 11.6 Å². The minimum atomic E-state index is 0.496. The summed E-state index contributed by atoms with van der Waals surface area (Å²) in [7, 11) is 0. The number of aromatic nitrogens is 2. The second kappa shape index (κ2) is 5.18. The van der Waals surface area contributed by atoms with Crippen LogP contribution in [0, 0.1) is 5.92 Å². The molecule has 1 fully saturated rings. The molecule has 2 atom stereocenters. The van der Waals surface area contributed by atoms with Gasteiger partial charge in [-0.3, -0.25) is 0 Å². The van der Waals surface area contributed by atoms with E-state index < -0.39 is 0 Å². The van der Waals surface area contributed by atoms with Crippen molar-refractivity contribution in [2.45, 2.75) is 32.7 Å². The monoisotopic (exact) mass is 299 g/mol. The van der Waals surface area contributed by atoms with Gasteiger partial charge in [0.1, 0.15) is 16.6 Å². The molecule has 2 rings (SSSR count). The summed E-state index contributed by atoms with van der Waals surface area (Å²) < 4.78 is 0.837. The van der Waals surface area contributed by atoms with E-state index in [9.17, 15) is 0 Å². The van der Waals surface area contributed by atoms with Gasteiger partial charge in [-0.25, -0.2) is 15.8 Å². The number of hydrazine groups is 1. The lowest BCUT2D eigenvalue weighted by atomic mass is 9.93. The third-order valence-corrected chi connectivity index (χ3v) is 4.05. The average molecular weight is 300 g/mol. The minimum absolute atomic E-state index is 0.496. The second-order valence-corrected chi connectivity index (χ2v) is 5.47. The molecule has 1 aliphatic rings. The molecule has 17 heavy (non-hydrogen) atoms. The van der Waals surface area contributed by atoms with E-state index in [0.717, 1.165) is 22.8 Å². The fourth-order valence-corrected chi connectivity index (χ4v) is 2.93. The molecule has 5 nitrogen and oxygen atoms in total. The largest absolute Gasteiger partial charge is 0.353 e. The zero-order valence-corrected chi connectivity index (χ0v) is 11.7. The highest BCUT2D eigenvalue weighted by molar-refractivity contribution is 9.10. The summed E-state index contributed by atoms with van der Waals surface area (Å²) in [4.78, 5) is 10.7. The Balaban J connectivity index is 2.28. The summed E-state index contributed by atoms with van der Waals surface area (Å²) in [6.07, 6.45) is 3.94. The van der Waals surface area contributed by atoms with Crippen molar-refractivity contribution in [3.8, 4) is 0 Å². The van der Waals surface area contributed by atoms with Crippen molar-refractivity contribution >= 4 is 27.6 Å². The van der Waals surface area contributed by atoms with Crippen LogP contribution in [0.1, 0.15) is 26.7 Å². The predicted molar refractivity (Wildman–Crippen MR) is 72.7 cm³/mol. The SMILES string of the molecule is CC1CCN(c2ncnc(NN)c2Br)C(C)C1. The molecule has 0 saturated carbocycles. The number of halogens is 1. The lowest BCUT2D eigenvalue weighted by molar-refractivity contribution is 0.375. The Bertz CT molecular complexity index is 397. The highest BCUT2D eigenvalue weighted by Crippen LogP contribution is 2.33. The van der Waals surface area contributed by atoms with E-state index >= 15 is 0 Å². The van der Waals surface area contributed by atoms with Gasteiger partial charge < -0.3 is 10.3 Å². The summed E-state index contributed by atoms with van der Waals surface area (Å²) in [5, 5.41) is 0. The molecule has 0 spiro atoms. The molecule has 2 heterocycles. The molecule has 1 aromatic heterocycles. The highest BCUT2D eigenvalue weighted by atomic mass is 79.9. The van der Waals surface area contributed by atoms with Gasteiger partial charge >= 0.3 is 0 Å². The minimum Gasteiger partial charge on any atom is -0.353 e. The predicted octanol–water partition coefficient (Wildman–Crippen LogP) is 2.15. The summed E-state index contributed by atoms with van der Waals surface area (Å²) in [6, 6.07) is 0.496. The standard InChI is InChI=1S/C11H18BrN5/c1-7-3-4-17(8(2)5-7)11-9(12)10(16-13)14-6-15-11/h6-8H,3-5,13H2,1-2H3,(H,14,15,16). The van der Waals surface area contributed by atoms with Crippen molar-refractivity contribution in [2.75, 3.05) is 16.9 Å². The van der Waals surface area contributed by atoms with Gasteiger partial charge in [0, 0.05) is 12.6 Å². The molecule has 0 bridgehead atoms. The lowest BCUT2D eigenvalue weighted by Crippen LogP contribution is -2.41. The van der Waals surface area contributed by atoms with Crippen LogP contribution in [0.25, 0.3) is 0 Å². The van der Waals surface area contributed by atoms with E-state index in [1.165, 1.54) is 12.8 Å². The van der Waals surface area contributed by atoms with Crippen molar-refractivity contribution < 1.29 is 0 Å². The first kappa shape index (κ1) is 12.6. The van der Waals surface area contributed by atoms with E-state index in [4.69, 9.17) is 5.84 Å². The van der Waals surface area contributed by atoms with Gasteiger partial charge in [-0.2, -0.15) is 0 Å². The van der Waals surface area contributed by atoms with Gasteiger partial charge in [-0.15, -0.1) is 0 Å². The first-order chi connectivity index (χ1) is 8.13. The molecule has 6 heteroatoms. The van der Waals surface area contributed by atoms with Crippen LogP contribution in [0.3, 0.4) is 0 Å². The molecular formula is C11H18BrN5. The molecule has 0 aliphatic carbocycles. The highest BCUT2D eigenvalue weighted by Gasteiger charge is 2.26. The zero-order chi connectivity index (χ0) is 12.4. The zero-order valence-electron chi connectivity index (χ0n) is 10.2. The smallest absolute Gasteiger partial charge is 0.159 e.